The molecule has 0 aliphatic rings. The van der Waals surface area contributed by atoms with E-state index < -0.39 is 18.8 Å². The summed E-state index contributed by atoms with van der Waals surface area (Å²) in [5.74, 6) is -0.605. The third-order valence-electron chi connectivity index (χ3n) is 3.90. The molecule has 1 heterocycles. The van der Waals surface area contributed by atoms with E-state index in [0.29, 0.717) is 28.0 Å². The largest absolute Gasteiger partial charge is 0.493 e. The number of anilines is 2. The molecule has 0 aliphatic carbocycles. The maximum atomic E-state index is 12.5. The van der Waals surface area contributed by atoms with E-state index in [9.17, 15) is 18.0 Å². The highest BCUT2D eigenvalue weighted by atomic mass is 19.4. The van der Waals surface area contributed by atoms with Gasteiger partial charge >= 0.3 is 12.1 Å². The molecule has 10 heteroatoms. The van der Waals surface area contributed by atoms with Crippen LogP contribution < -0.4 is 14.8 Å². The molecule has 0 saturated carbocycles. The molecule has 7 nitrogen and oxygen atoms in total. The van der Waals surface area contributed by atoms with Crippen LogP contribution in [0.4, 0.5) is 24.7 Å². The Labute approximate surface area is 168 Å². The van der Waals surface area contributed by atoms with Gasteiger partial charge in [-0.2, -0.15) is 13.2 Å². The number of carbonyl (C=O) groups is 1. The highest BCUT2D eigenvalue weighted by Gasteiger charge is 2.29. The van der Waals surface area contributed by atoms with E-state index in [2.05, 4.69) is 15.3 Å². The van der Waals surface area contributed by atoms with Crippen LogP contribution in [0.2, 0.25) is 0 Å². The van der Waals surface area contributed by atoms with Gasteiger partial charge in [-0.05, 0) is 29.8 Å². The third kappa shape index (κ3) is 5.37. The van der Waals surface area contributed by atoms with Crippen LogP contribution in [-0.2, 0) is 4.79 Å². The predicted octanol–water partition coefficient (Wildman–Crippen LogP) is 4.42. The van der Waals surface area contributed by atoms with Gasteiger partial charge in [0, 0.05) is 23.2 Å². The number of nitrogens with one attached hydrogen (secondary N) is 1. The second-order valence-electron chi connectivity index (χ2n) is 6.06. The number of methoxy groups -OCH3 is 1. The first-order valence-electron chi connectivity index (χ1n) is 8.55. The smallest absolute Gasteiger partial charge is 0.422 e. The van der Waals surface area contributed by atoms with Gasteiger partial charge in [-0.25, -0.2) is 14.8 Å². The second kappa shape index (κ2) is 8.68. The van der Waals surface area contributed by atoms with Crippen LogP contribution in [0.15, 0.2) is 48.8 Å². The van der Waals surface area contributed by atoms with Gasteiger partial charge in [-0.3, -0.25) is 0 Å². The zero-order chi connectivity index (χ0) is 21.7. The number of hydrogen-bond acceptors (Lipinski definition) is 6. The van der Waals surface area contributed by atoms with Crippen LogP contribution in [0.25, 0.3) is 17.0 Å². The third-order valence-corrected chi connectivity index (χ3v) is 3.90. The minimum Gasteiger partial charge on any atom is -0.493 e. The molecule has 3 aromatic rings. The number of rotatable bonds is 7. The van der Waals surface area contributed by atoms with Crippen LogP contribution >= 0.6 is 0 Å². The normalized spacial score (nSPS) is 11.6. The fourth-order valence-corrected chi connectivity index (χ4v) is 2.58. The molecular formula is C20H16F3N3O4. The zero-order valence-electron chi connectivity index (χ0n) is 15.6. The summed E-state index contributed by atoms with van der Waals surface area (Å²) in [6.07, 6.45) is -0.719. The van der Waals surface area contributed by atoms with E-state index >= 15 is 0 Å². The van der Waals surface area contributed by atoms with Crippen LogP contribution in [-0.4, -0.2) is 40.9 Å². The van der Waals surface area contributed by atoms with E-state index in [1.807, 2.05) is 0 Å². The molecule has 0 amide bonds. The SMILES string of the molecule is COc1cc2c(Nc3ccc(C=CC(=O)O)cc3)ncnc2cc1OCC(F)(F)F. The van der Waals surface area contributed by atoms with Gasteiger partial charge in [-0.15, -0.1) is 0 Å². The molecule has 0 atom stereocenters. The Bertz CT molecular complexity index is 1080. The highest BCUT2D eigenvalue weighted by Crippen LogP contribution is 2.35. The lowest BCUT2D eigenvalue weighted by Gasteiger charge is -2.14. The molecule has 156 valence electrons. The number of benzene rings is 2. The van der Waals surface area contributed by atoms with Crippen molar-refractivity contribution < 1.29 is 32.5 Å². The molecule has 0 fully saturated rings. The molecule has 30 heavy (non-hydrogen) atoms. The monoisotopic (exact) mass is 419 g/mol. The van der Waals surface area contributed by atoms with Crippen LogP contribution in [0.3, 0.4) is 0 Å². The Kier molecular flexibility index (Phi) is 6.05. The summed E-state index contributed by atoms with van der Waals surface area (Å²) < 4.78 is 47.4. The maximum absolute atomic E-state index is 12.5. The molecule has 0 spiro atoms. The number of halogens is 3. The van der Waals surface area contributed by atoms with Gasteiger partial charge in [0.2, 0.25) is 0 Å². The predicted molar refractivity (Wildman–Crippen MR) is 104 cm³/mol. The Morgan fingerprint density at radius 3 is 2.53 bits per heavy atom. The lowest BCUT2D eigenvalue weighted by molar-refractivity contribution is -0.153. The van der Waals surface area contributed by atoms with E-state index in [4.69, 9.17) is 14.6 Å². The van der Waals surface area contributed by atoms with Crippen molar-refractivity contribution in [1.29, 1.82) is 0 Å². The molecule has 2 aromatic carbocycles. The lowest BCUT2D eigenvalue weighted by Crippen LogP contribution is -2.19. The highest BCUT2D eigenvalue weighted by molar-refractivity contribution is 5.93. The number of fused-ring (bicyclic) bond motifs is 1. The number of carboxylic acid groups (broad SMARTS) is 1. The zero-order valence-corrected chi connectivity index (χ0v) is 15.6. The fraction of sp³-hybridized carbons (Fsp3) is 0.150. The van der Waals surface area contributed by atoms with Crippen molar-refractivity contribution in [3.63, 3.8) is 0 Å². The van der Waals surface area contributed by atoms with Gasteiger partial charge in [0.1, 0.15) is 12.1 Å². The molecule has 1 aromatic heterocycles. The first kappa shape index (κ1) is 20.9. The van der Waals surface area contributed by atoms with E-state index in [-0.39, 0.29) is 11.5 Å². The number of ether oxygens (including phenoxy) is 2. The fourth-order valence-electron chi connectivity index (χ4n) is 2.58. The number of aromatic nitrogens is 2. The van der Waals surface area contributed by atoms with Crippen molar-refractivity contribution in [2.75, 3.05) is 19.0 Å². The van der Waals surface area contributed by atoms with E-state index in [0.717, 1.165) is 6.08 Å². The maximum Gasteiger partial charge on any atom is 0.422 e. The average Bonchev–Trinajstić information content (AvgIpc) is 2.70. The van der Waals surface area contributed by atoms with Crippen molar-refractivity contribution in [1.82, 2.24) is 9.97 Å². The molecule has 0 aliphatic heterocycles. The second-order valence-corrected chi connectivity index (χ2v) is 6.06. The van der Waals surface area contributed by atoms with Crippen molar-refractivity contribution in [2.45, 2.75) is 6.18 Å². The molecular weight excluding hydrogens is 403 g/mol. The van der Waals surface area contributed by atoms with Crippen molar-refractivity contribution in [3.05, 3.63) is 54.4 Å². The number of hydrogen-bond donors (Lipinski definition) is 2. The van der Waals surface area contributed by atoms with E-state index in [1.165, 1.54) is 31.6 Å². The molecule has 0 radical (unpaired) electrons. The quantitative estimate of drug-likeness (QED) is 0.548. The number of nitrogens with zero attached hydrogens (tertiary/aromatic N) is 2. The average molecular weight is 419 g/mol. The summed E-state index contributed by atoms with van der Waals surface area (Å²) in [5.41, 5.74) is 1.73. The number of alkyl halides is 3. The van der Waals surface area contributed by atoms with Crippen molar-refractivity contribution in [3.8, 4) is 11.5 Å². The topological polar surface area (TPSA) is 93.6 Å². The lowest BCUT2D eigenvalue weighted by atomic mass is 10.1. The van der Waals surface area contributed by atoms with Gasteiger partial charge in [0.05, 0.1) is 12.6 Å². The Morgan fingerprint density at radius 1 is 1.17 bits per heavy atom. The summed E-state index contributed by atoms with van der Waals surface area (Å²) in [6.45, 7) is -1.45. The van der Waals surface area contributed by atoms with E-state index in [1.54, 1.807) is 24.3 Å². The Morgan fingerprint density at radius 2 is 1.90 bits per heavy atom. The number of aliphatic carboxylic acids is 1. The summed E-state index contributed by atoms with van der Waals surface area (Å²) in [4.78, 5) is 18.9. The first-order valence-corrected chi connectivity index (χ1v) is 8.55. The van der Waals surface area contributed by atoms with Gasteiger partial charge < -0.3 is 19.9 Å². The summed E-state index contributed by atoms with van der Waals surface area (Å²) >= 11 is 0. The van der Waals surface area contributed by atoms with Gasteiger partial charge in [0.25, 0.3) is 0 Å². The van der Waals surface area contributed by atoms with Crippen LogP contribution in [0.1, 0.15) is 5.56 Å². The summed E-state index contributed by atoms with van der Waals surface area (Å²) in [6, 6.07) is 9.74. The van der Waals surface area contributed by atoms with Crippen molar-refractivity contribution >= 4 is 34.5 Å². The molecule has 0 bridgehead atoms. The number of carboxylic acids is 1. The molecule has 0 saturated heterocycles. The van der Waals surface area contributed by atoms with Gasteiger partial charge in [0.15, 0.2) is 18.1 Å². The van der Waals surface area contributed by atoms with Gasteiger partial charge in [-0.1, -0.05) is 12.1 Å². The Balaban J connectivity index is 1.88. The first-order chi connectivity index (χ1) is 14.2. The van der Waals surface area contributed by atoms with Crippen LogP contribution in [0.5, 0.6) is 11.5 Å². The molecule has 3 rings (SSSR count). The minimum atomic E-state index is -4.48. The minimum absolute atomic E-state index is 0.0819. The Hall–Kier alpha value is -3.82. The summed E-state index contributed by atoms with van der Waals surface area (Å²) in [5, 5.41) is 12.3. The standard InChI is InChI=1S/C20H16F3N3O4/c1-29-16-8-14-15(9-17(16)30-10-20(21,22)23)24-11-25-19(14)26-13-5-2-12(3-6-13)4-7-18(27)28/h2-9,11H,10H2,1H3,(H,27,28)(H,24,25,26). The van der Waals surface area contributed by atoms with Crippen LogP contribution in [0, 0.1) is 0 Å². The molecule has 0 unspecified atom stereocenters. The summed E-state index contributed by atoms with van der Waals surface area (Å²) in [7, 11) is 1.32. The molecule has 2 N–H and O–H groups in total. The van der Waals surface area contributed by atoms with Crippen molar-refractivity contribution in [2.24, 2.45) is 0 Å².